The monoisotopic (exact) mass is 382 g/mol. The molecule has 0 spiro atoms. The van der Waals surface area contributed by atoms with E-state index in [9.17, 15) is 5.11 Å². The van der Waals surface area contributed by atoms with Gasteiger partial charge in [0.05, 0.1) is 5.60 Å². The van der Waals surface area contributed by atoms with E-state index in [0.717, 1.165) is 0 Å². The average Bonchev–Trinajstić information content (AvgIpc) is 3.19. The quantitative estimate of drug-likeness (QED) is 0.485. The molecule has 23 heavy (non-hydrogen) atoms. The molecule has 0 bridgehead atoms. The average molecular weight is 383 g/mol. The van der Waals surface area contributed by atoms with E-state index in [0.29, 0.717) is 0 Å². The van der Waals surface area contributed by atoms with Crippen LogP contribution in [0.3, 0.4) is 0 Å². The van der Waals surface area contributed by atoms with Crippen LogP contribution < -0.4 is 0 Å². The Kier molecular flexibility index (Phi) is 6.14. The molecular weight excluding hydrogens is 360 g/mol. The summed E-state index contributed by atoms with van der Waals surface area (Å²) in [7, 11) is 0. The Labute approximate surface area is 156 Å². The lowest BCUT2D eigenvalue weighted by Gasteiger charge is -2.32. The molecule has 0 fully saturated rings. The van der Waals surface area contributed by atoms with Crippen molar-refractivity contribution in [2.45, 2.75) is 38.0 Å². The van der Waals surface area contributed by atoms with Crippen LogP contribution in [0.15, 0.2) is 47.2 Å². The summed E-state index contributed by atoms with van der Waals surface area (Å²) >= 11 is 9.66. The summed E-state index contributed by atoms with van der Waals surface area (Å²) in [6.45, 7) is 7.27. The molecule has 3 rings (SSSR count). The number of aliphatic hydroxyl groups is 1. The molecule has 0 unspecified atom stereocenters. The minimum absolute atomic E-state index is 0.312. The first-order valence-electron chi connectivity index (χ1n) is 7.31. The van der Waals surface area contributed by atoms with E-state index >= 15 is 0 Å². The predicted molar refractivity (Wildman–Crippen MR) is 110 cm³/mol. The molecule has 5 heteroatoms. The van der Waals surface area contributed by atoms with Gasteiger partial charge in [-0.25, -0.2) is 0 Å². The van der Waals surface area contributed by atoms with Gasteiger partial charge in [-0.15, -0.1) is 34.0 Å². The highest BCUT2D eigenvalue weighted by molar-refractivity contribution is 7.81. The van der Waals surface area contributed by atoms with E-state index < -0.39 is 5.60 Å². The summed E-state index contributed by atoms with van der Waals surface area (Å²) < 4.78 is -0.312. The lowest BCUT2D eigenvalue weighted by atomic mass is 9.94. The molecule has 0 saturated heterocycles. The van der Waals surface area contributed by atoms with E-state index in [2.05, 4.69) is 59.8 Å². The Morgan fingerprint density at radius 1 is 0.783 bits per heavy atom. The van der Waals surface area contributed by atoms with Gasteiger partial charge in [0.2, 0.25) is 0 Å². The van der Waals surface area contributed by atoms with Crippen molar-refractivity contribution < 1.29 is 5.11 Å². The van der Waals surface area contributed by atoms with Crippen molar-refractivity contribution in [3.8, 4) is 19.5 Å². The number of rotatable bonds is 3. The van der Waals surface area contributed by atoms with Gasteiger partial charge in [0, 0.05) is 24.3 Å². The highest BCUT2D eigenvalue weighted by Gasteiger charge is 2.30. The molecule has 0 aromatic carbocycles. The summed E-state index contributed by atoms with van der Waals surface area (Å²) in [6, 6.07) is 13.0. The van der Waals surface area contributed by atoms with Gasteiger partial charge in [-0.2, -0.15) is 12.6 Å². The zero-order valence-corrected chi connectivity index (χ0v) is 17.1. The largest absolute Gasteiger partial charge is 0.389 e. The van der Waals surface area contributed by atoms with E-state index in [1.165, 1.54) is 19.5 Å². The number of thiophene rings is 3. The lowest BCUT2D eigenvalue weighted by molar-refractivity contribution is 0.0500. The fourth-order valence-corrected chi connectivity index (χ4v) is 4.12. The van der Waals surface area contributed by atoms with Gasteiger partial charge in [-0.1, -0.05) is 12.1 Å². The zero-order valence-electron chi connectivity index (χ0n) is 13.7. The molecule has 0 aliphatic carbocycles. The number of hydrogen-bond donors (Lipinski definition) is 2. The van der Waals surface area contributed by atoms with Crippen molar-refractivity contribution in [3.05, 3.63) is 47.2 Å². The molecule has 0 amide bonds. The van der Waals surface area contributed by atoms with Gasteiger partial charge in [0.25, 0.3) is 0 Å². The van der Waals surface area contributed by atoms with Crippen LogP contribution in [0.1, 0.15) is 27.7 Å². The second-order valence-corrected chi connectivity index (χ2v) is 10.3. The molecular formula is C18H22OS4. The summed E-state index contributed by atoms with van der Waals surface area (Å²) in [4.78, 5) is 5.47. The predicted octanol–water partition coefficient (Wildman–Crippen LogP) is 6.67. The minimum atomic E-state index is -0.698. The topological polar surface area (TPSA) is 20.2 Å². The molecule has 1 nitrogen and oxygen atoms in total. The van der Waals surface area contributed by atoms with Crippen molar-refractivity contribution in [2.75, 3.05) is 0 Å². The van der Waals surface area contributed by atoms with Crippen LogP contribution >= 0.6 is 46.6 Å². The van der Waals surface area contributed by atoms with Crippen LogP contribution in [0.2, 0.25) is 0 Å². The van der Waals surface area contributed by atoms with Crippen LogP contribution in [-0.2, 0) is 0 Å². The van der Waals surface area contributed by atoms with Crippen molar-refractivity contribution in [1.82, 2.24) is 0 Å². The first-order valence-corrected chi connectivity index (χ1v) is 10.3. The molecule has 3 heterocycles. The maximum atomic E-state index is 9.28. The van der Waals surface area contributed by atoms with Crippen LogP contribution in [0.25, 0.3) is 19.5 Å². The van der Waals surface area contributed by atoms with Crippen molar-refractivity contribution >= 4 is 46.6 Å². The van der Waals surface area contributed by atoms with Crippen molar-refractivity contribution in [1.29, 1.82) is 0 Å². The molecule has 0 radical (unpaired) electrons. The highest BCUT2D eigenvalue weighted by atomic mass is 32.1. The Bertz CT molecular complexity index is 634. The van der Waals surface area contributed by atoms with Crippen LogP contribution in [0, 0.1) is 0 Å². The Morgan fingerprint density at radius 3 is 1.43 bits per heavy atom. The van der Waals surface area contributed by atoms with E-state index in [1.54, 1.807) is 36.5 Å². The molecule has 124 valence electrons. The fourth-order valence-electron chi connectivity index (χ4n) is 1.44. The van der Waals surface area contributed by atoms with Gasteiger partial charge >= 0.3 is 0 Å². The summed E-state index contributed by atoms with van der Waals surface area (Å²) in [5, 5.41) is 13.5. The lowest BCUT2D eigenvalue weighted by Crippen LogP contribution is -2.40. The SMILES string of the molecule is CC(C)(O)C(C)(C)S.c1csc(-c2ccc(-c3cccs3)s2)c1. The van der Waals surface area contributed by atoms with Crippen molar-refractivity contribution in [3.63, 3.8) is 0 Å². The van der Waals surface area contributed by atoms with Gasteiger partial charge in [0.1, 0.15) is 0 Å². The first kappa shape index (κ1) is 18.7. The van der Waals surface area contributed by atoms with Gasteiger partial charge in [-0.3, -0.25) is 0 Å². The summed E-state index contributed by atoms with van der Waals surface area (Å²) in [5.74, 6) is 0. The van der Waals surface area contributed by atoms with Crippen LogP contribution in [-0.4, -0.2) is 15.5 Å². The second kappa shape index (κ2) is 7.53. The minimum Gasteiger partial charge on any atom is -0.389 e. The molecule has 0 aliphatic heterocycles. The van der Waals surface area contributed by atoms with Crippen molar-refractivity contribution in [2.24, 2.45) is 0 Å². The Balaban J connectivity index is 0.000000207. The van der Waals surface area contributed by atoms with E-state index in [1.807, 2.05) is 25.2 Å². The molecule has 1 N–H and O–H groups in total. The zero-order chi connectivity index (χ0) is 17.1. The maximum Gasteiger partial charge on any atom is 0.0729 e. The van der Waals surface area contributed by atoms with Gasteiger partial charge in [-0.05, 0) is 62.7 Å². The van der Waals surface area contributed by atoms with E-state index in [4.69, 9.17) is 0 Å². The van der Waals surface area contributed by atoms with Crippen LogP contribution in [0.4, 0.5) is 0 Å². The maximum absolute atomic E-state index is 9.28. The van der Waals surface area contributed by atoms with Gasteiger partial charge in [0.15, 0.2) is 0 Å². The smallest absolute Gasteiger partial charge is 0.0729 e. The highest BCUT2D eigenvalue weighted by Crippen LogP contribution is 2.37. The van der Waals surface area contributed by atoms with E-state index in [-0.39, 0.29) is 4.75 Å². The second-order valence-electron chi connectivity index (χ2n) is 6.24. The normalized spacial score (nSPS) is 11.9. The van der Waals surface area contributed by atoms with Gasteiger partial charge < -0.3 is 5.11 Å². The Hall–Kier alpha value is -0.590. The first-order chi connectivity index (χ1) is 10.7. The third-order valence-electron chi connectivity index (χ3n) is 3.63. The number of hydrogen-bond acceptors (Lipinski definition) is 5. The fraction of sp³-hybridized carbons (Fsp3) is 0.333. The molecule has 0 saturated carbocycles. The Morgan fingerprint density at radius 2 is 1.17 bits per heavy atom. The summed E-state index contributed by atoms with van der Waals surface area (Å²) in [6.07, 6.45) is 0. The standard InChI is InChI=1S/C12H8S3.C6H14OS/c1-3-9(13-7-1)11-5-6-12(15-11)10-4-2-8-14-10;1-5(2,7)6(3,4)8/h1-8H;7-8H,1-4H3. The molecule has 3 aromatic rings. The molecule has 0 aliphatic rings. The molecule has 3 aromatic heterocycles. The van der Waals surface area contributed by atoms with Crippen LogP contribution in [0.5, 0.6) is 0 Å². The third-order valence-corrected chi connectivity index (χ3v) is 7.40. The molecule has 0 atom stereocenters. The number of thiol groups is 1. The third kappa shape index (κ3) is 5.19. The summed E-state index contributed by atoms with van der Waals surface area (Å²) in [5.41, 5.74) is -0.698.